The molecule has 2 nitrogen and oxygen atoms in total. The Kier molecular flexibility index (Phi) is 9.79. The number of hydrogen-bond acceptors (Lipinski definition) is 1. The monoisotopic (exact) mass is 522 g/mol. The van der Waals surface area contributed by atoms with E-state index in [4.69, 9.17) is 0 Å². The molecule has 0 bridgehead atoms. The molecule has 0 spiro atoms. The average molecular weight is 522 g/mol. The van der Waals surface area contributed by atoms with Gasteiger partial charge in [-0.2, -0.15) is 0 Å². The molecule has 0 atom stereocenters. The van der Waals surface area contributed by atoms with Crippen LogP contribution in [0.4, 0.5) is 0 Å². The second-order valence-electron chi connectivity index (χ2n) is 5.72. The van der Waals surface area contributed by atoms with Crippen molar-refractivity contribution in [3.63, 3.8) is 0 Å². The molecule has 1 aromatic carbocycles. The summed E-state index contributed by atoms with van der Waals surface area (Å²) in [6.45, 7) is 8.85. The van der Waals surface area contributed by atoms with Crippen LogP contribution in [0.25, 0.3) is 0 Å². The molecule has 119 valence electrons. The molecule has 0 unspecified atom stereocenters. The molecule has 1 amide bonds. The molecule has 0 saturated heterocycles. The molecular formula is C16H22Cl2HfNOSi. The van der Waals surface area contributed by atoms with E-state index in [1.807, 2.05) is 26.0 Å². The van der Waals surface area contributed by atoms with Gasteiger partial charge in [0.15, 0.2) is 0 Å². The molecule has 6 heteroatoms. The topological polar surface area (TPSA) is 29.1 Å². The molecule has 1 aliphatic rings. The van der Waals surface area contributed by atoms with Gasteiger partial charge in [0, 0.05) is 0 Å². The van der Waals surface area contributed by atoms with Gasteiger partial charge in [-0.05, 0) is 0 Å². The van der Waals surface area contributed by atoms with Crippen LogP contribution < -0.4 is 28.1 Å². The number of allylic oxidation sites excluding steroid dienone is 4. The molecule has 0 aliphatic heterocycles. The first-order valence-electron chi connectivity index (χ1n) is 7.10. The molecule has 2 rings (SSSR count). The molecule has 22 heavy (non-hydrogen) atoms. The zero-order valence-corrected chi connectivity index (χ0v) is 19.7. The Morgan fingerprint density at radius 2 is 1.73 bits per heavy atom. The van der Waals surface area contributed by atoms with Crippen LogP contribution in [0, 0.1) is 13.8 Å². The van der Waals surface area contributed by atoms with Gasteiger partial charge in [0.1, 0.15) is 0 Å². The summed E-state index contributed by atoms with van der Waals surface area (Å²) in [6.07, 6.45) is 7.66. The molecule has 1 aliphatic carbocycles. The number of carbonyl (C=O) groups excluding carboxylic acids is 1. The minimum atomic E-state index is -2.10. The van der Waals surface area contributed by atoms with Crippen molar-refractivity contribution >= 4 is 11.9 Å². The summed E-state index contributed by atoms with van der Waals surface area (Å²) >= 11 is -2.10. The molecule has 0 heterocycles. The summed E-state index contributed by atoms with van der Waals surface area (Å²) in [6, 6.07) is 6.10. The summed E-state index contributed by atoms with van der Waals surface area (Å²) in [5.74, 6) is -0.624. The van der Waals surface area contributed by atoms with Gasteiger partial charge in [0.2, 0.25) is 0 Å². The Morgan fingerprint density at radius 3 is 2.18 bits per heavy atom. The van der Waals surface area contributed by atoms with Gasteiger partial charge in [0.05, 0.1) is 0 Å². The largest absolute Gasteiger partial charge is 1.00 e. The predicted molar refractivity (Wildman–Crippen MR) is 84.1 cm³/mol. The summed E-state index contributed by atoms with van der Waals surface area (Å²) in [5.41, 5.74) is 3.14. The zero-order chi connectivity index (χ0) is 14.7. The molecule has 0 fully saturated rings. The number of hydrogen-bond donors (Lipinski definition) is 1. The maximum atomic E-state index is 12.5. The summed E-state index contributed by atoms with van der Waals surface area (Å²) in [7, 11) is 0. The van der Waals surface area contributed by atoms with E-state index in [1.165, 1.54) is 0 Å². The Hall–Kier alpha value is -0.163. The Balaban J connectivity index is 0.00000220. The van der Waals surface area contributed by atoms with Gasteiger partial charge < -0.3 is 24.8 Å². The van der Waals surface area contributed by atoms with E-state index >= 15 is 0 Å². The van der Waals surface area contributed by atoms with E-state index in [1.54, 1.807) is 3.33 Å². The first kappa shape index (κ1) is 21.8. The van der Waals surface area contributed by atoms with E-state index in [2.05, 4.69) is 40.7 Å². The quantitative estimate of drug-likeness (QED) is 0.433. The second-order valence-corrected chi connectivity index (χ2v) is 31.4. The van der Waals surface area contributed by atoms with Crippen molar-refractivity contribution in [2.24, 2.45) is 0 Å². The number of aryl methyl sites for hydroxylation is 2. The first-order valence-corrected chi connectivity index (χ1v) is 19.8. The van der Waals surface area contributed by atoms with Crippen LogP contribution in [-0.2, 0) is 20.9 Å². The minimum absolute atomic E-state index is 0. The van der Waals surface area contributed by atoms with Crippen molar-refractivity contribution in [1.82, 2.24) is 3.30 Å². The molecular weight excluding hydrogens is 500 g/mol. The summed E-state index contributed by atoms with van der Waals surface area (Å²) in [5, 5.41) is 0. The average Bonchev–Trinajstić information content (AvgIpc) is 2.87. The zero-order valence-electron chi connectivity index (χ0n) is 13.4. The normalized spacial score (nSPS) is 12.3. The molecule has 1 N–H and O–H groups in total. The number of rotatable bonds is 4. The summed E-state index contributed by atoms with van der Waals surface area (Å²) in [4.78, 5) is 12.5. The van der Waals surface area contributed by atoms with Gasteiger partial charge in [-0.1, -0.05) is 0 Å². The van der Waals surface area contributed by atoms with Gasteiger partial charge in [0.25, 0.3) is 0 Å². The second kappa shape index (κ2) is 9.86. The van der Waals surface area contributed by atoms with E-state index in [0.29, 0.717) is 0 Å². The predicted octanol–water partition coefficient (Wildman–Crippen LogP) is -2.60. The first-order chi connectivity index (χ1) is 9.47. The van der Waals surface area contributed by atoms with Gasteiger partial charge >= 0.3 is 131 Å². The number of halogens is 2. The fourth-order valence-corrected chi connectivity index (χ4v) is 21.7. The molecule has 0 saturated carbocycles. The van der Waals surface area contributed by atoms with E-state index in [9.17, 15) is 4.79 Å². The van der Waals surface area contributed by atoms with Gasteiger partial charge in [-0.15, -0.1) is 0 Å². The maximum Gasteiger partial charge on any atom is -1.00 e. The SMILES string of the molecule is Cc1cc(C)cc(C(=O)[NH][Hf+2]([C]2=CC=CC2)[SiH](C)C)c1.[Cl-].[Cl-]. The van der Waals surface area contributed by atoms with Crippen molar-refractivity contribution in [1.29, 1.82) is 0 Å². The third-order valence-electron chi connectivity index (χ3n) is 3.43. The Labute approximate surface area is 154 Å². The van der Waals surface area contributed by atoms with Gasteiger partial charge in [-0.25, -0.2) is 0 Å². The van der Waals surface area contributed by atoms with Crippen molar-refractivity contribution in [2.45, 2.75) is 33.4 Å². The standard InChI is InChI=1S/C9H11NO.C5H5.C2H7Si.2ClH.Hf/c1-6-3-7(2)5-8(4-6)9(10)11;1-2-4-5-3-1;1-3-2;;;/h3-5H,1-2H3,(H2,10,11);1-3H,4H2;3H,1-2H3;2*1H;/q;;;;;+3/p-3. The van der Waals surface area contributed by atoms with E-state index in [-0.39, 0.29) is 30.7 Å². The summed E-state index contributed by atoms with van der Waals surface area (Å²) < 4.78 is 5.02. The number of amides is 1. The Bertz CT molecular complexity index is 567. The van der Waals surface area contributed by atoms with Crippen LogP contribution in [-0.4, -0.2) is 11.9 Å². The number of benzene rings is 1. The molecule has 0 radical (unpaired) electrons. The van der Waals surface area contributed by atoms with Crippen LogP contribution in [0.2, 0.25) is 13.1 Å². The van der Waals surface area contributed by atoms with Crippen LogP contribution in [0.1, 0.15) is 27.9 Å². The Morgan fingerprint density at radius 1 is 1.14 bits per heavy atom. The van der Waals surface area contributed by atoms with Crippen molar-refractivity contribution < 1.29 is 50.5 Å². The van der Waals surface area contributed by atoms with Crippen molar-refractivity contribution in [2.75, 3.05) is 0 Å². The van der Waals surface area contributed by atoms with Crippen LogP contribution in [0.5, 0.6) is 0 Å². The van der Waals surface area contributed by atoms with E-state index in [0.717, 1.165) is 23.1 Å². The molecule has 1 aromatic rings. The van der Waals surface area contributed by atoms with Crippen LogP contribution >= 0.6 is 0 Å². The molecule has 0 aromatic heterocycles. The van der Waals surface area contributed by atoms with Crippen molar-refractivity contribution in [3.8, 4) is 0 Å². The number of nitrogens with one attached hydrogen (secondary N) is 1. The number of carbonyl (C=O) groups is 1. The van der Waals surface area contributed by atoms with E-state index < -0.39 is 26.9 Å². The minimum Gasteiger partial charge on any atom is -1.00 e. The fourth-order valence-electron chi connectivity index (χ4n) is 2.54. The van der Waals surface area contributed by atoms with Gasteiger partial charge in [-0.3, -0.25) is 0 Å². The third kappa shape index (κ3) is 5.80. The third-order valence-corrected chi connectivity index (χ3v) is 26.8. The van der Waals surface area contributed by atoms with Crippen molar-refractivity contribution in [3.05, 3.63) is 56.4 Å². The fraction of sp³-hybridized carbons (Fsp3) is 0.312. The van der Waals surface area contributed by atoms with Crippen LogP contribution in [0.3, 0.4) is 0 Å². The maximum absolute atomic E-state index is 12.5. The smallest absolute Gasteiger partial charge is 1.00 e. The van der Waals surface area contributed by atoms with Crippen LogP contribution in [0.15, 0.2) is 39.8 Å².